The highest BCUT2D eigenvalue weighted by Crippen LogP contribution is 2.26. The van der Waals surface area contributed by atoms with Gasteiger partial charge < -0.3 is 15.2 Å². The predicted molar refractivity (Wildman–Crippen MR) is 113 cm³/mol. The number of unbranched alkanes of at least 4 members (excludes halogenated alkanes) is 1. The van der Waals surface area contributed by atoms with Crippen molar-refractivity contribution in [3.8, 4) is 11.3 Å². The predicted octanol–water partition coefficient (Wildman–Crippen LogP) is 4.25. The number of ether oxygens (including phenoxy) is 1. The van der Waals surface area contributed by atoms with E-state index in [0.29, 0.717) is 19.0 Å². The third-order valence-corrected chi connectivity index (χ3v) is 4.50. The van der Waals surface area contributed by atoms with Crippen LogP contribution in [0.15, 0.2) is 42.5 Å². The first-order chi connectivity index (χ1) is 14.0. The highest BCUT2D eigenvalue weighted by molar-refractivity contribution is 5.90. The smallest absolute Gasteiger partial charge is 0.322 e. The lowest BCUT2D eigenvalue weighted by atomic mass is 10.0. The third kappa shape index (κ3) is 6.57. The number of carboxylic acids is 1. The van der Waals surface area contributed by atoms with Gasteiger partial charge in [0.2, 0.25) is 0 Å². The van der Waals surface area contributed by atoms with E-state index in [0.717, 1.165) is 29.7 Å². The number of hydrogen-bond donors (Lipinski definition) is 2. The molecule has 156 valence electrons. The summed E-state index contributed by atoms with van der Waals surface area (Å²) in [6.07, 6.45) is 1.39. The molecule has 0 radical (unpaired) electrons. The summed E-state index contributed by atoms with van der Waals surface area (Å²) in [5.74, 6) is -0.346. The average molecular weight is 399 g/mol. The van der Waals surface area contributed by atoms with Crippen molar-refractivity contribution in [3.63, 3.8) is 0 Å². The maximum absolute atomic E-state index is 12.2. The SMILES string of the molecule is CCCCNC(=O)N(C)c1cccc(-c2ccc(C(CC(=O)O)OCC)cc2)n1. The normalized spacial score (nSPS) is 11.7. The molecule has 0 aliphatic rings. The molecule has 29 heavy (non-hydrogen) atoms. The fourth-order valence-corrected chi connectivity index (χ4v) is 2.87. The summed E-state index contributed by atoms with van der Waals surface area (Å²) < 4.78 is 5.55. The van der Waals surface area contributed by atoms with Crippen LogP contribution in [0.2, 0.25) is 0 Å². The average Bonchev–Trinajstić information content (AvgIpc) is 2.73. The van der Waals surface area contributed by atoms with Crippen molar-refractivity contribution in [1.29, 1.82) is 0 Å². The maximum atomic E-state index is 12.2. The molecule has 0 aliphatic heterocycles. The van der Waals surface area contributed by atoms with Crippen LogP contribution in [0.25, 0.3) is 11.3 Å². The topological polar surface area (TPSA) is 91.8 Å². The number of carbonyl (C=O) groups excluding carboxylic acids is 1. The van der Waals surface area contributed by atoms with Crippen molar-refractivity contribution < 1.29 is 19.4 Å². The van der Waals surface area contributed by atoms with Gasteiger partial charge in [-0.2, -0.15) is 0 Å². The van der Waals surface area contributed by atoms with Crippen molar-refractivity contribution in [1.82, 2.24) is 10.3 Å². The lowest BCUT2D eigenvalue weighted by Gasteiger charge is -2.18. The number of rotatable bonds is 10. The minimum atomic E-state index is -0.901. The van der Waals surface area contributed by atoms with Crippen molar-refractivity contribution in [2.45, 2.75) is 39.2 Å². The van der Waals surface area contributed by atoms with Crippen molar-refractivity contribution >= 4 is 17.8 Å². The molecule has 0 aliphatic carbocycles. The molecule has 1 heterocycles. The van der Waals surface area contributed by atoms with Crippen LogP contribution >= 0.6 is 0 Å². The molecule has 1 aromatic heterocycles. The molecule has 0 saturated heterocycles. The van der Waals surface area contributed by atoms with Gasteiger partial charge in [0.25, 0.3) is 0 Å². The number of carboxylic acid groups (broad SMARTS) is 1. The number of benzene rings is 1. The third-order valence-electron chi connectivity index (χ3n) is 4.50. The fraction of sp³-hybridized carbons (Fsp3) is 0.409. The molecular formula is C22H29N3O4. The van der Waals surface area contributed by atoms with Gasteiger partial charge in [-0.05, 0) is 31.0 Å². The number of nitrogens with zero attached hydrogens (tertiary/aromatic N) is 2. The number of urea groups is 1. The van der Waals surface area contributed by atoms with E-state index in [1.807, 2.05) is 43.3 Å². The summed E-state index contributed by atoms with van der Waals surface area (Å²) in [6.45, 7) is 4.99. The largest absolute Gasteiger partial charge is 0.481 e. The second-order valence-electron chi connectivity index (χ2n) is 6.69. The van der Waals surface area contributed by atoms with Crippen LogP contribution in [0.3, 0.4) is 0 Å². The molecule has 0 saturated carbocycles. The van der Waals surface area contributed by atoms with Crippen LogP contribution in [0, 0.1) is 0 Å². The Labute approximate surface area is 171 Å². The first kappa shape index (κ1) is 22.4. The van der Waals surface area contributed by atoms with E-state index in [-0.39, 0.29) is 12.5 Å². The molecule has 7 heteroatoms. The molecule has 1 atom stereocenters. The van der Waals surface area contributed by atoms with Gasteiger partial charge in [0.15, 0.2) is 0 Å². The van der Waals surface area contributed by atoms with Crippen LogP contribution in [-0.4, -0.2) is 42.3 Å². The van der Waals surface area contributed by atoms with Gasteiger partial charge >= 0.3 is 12.0 Å². The number of hydrogen-bond acceptors (Lipinski definition) is 4. The number of anilines is 1. The minimum Gasteiger partial charge on any atom is -0.481 e. The number of nitrogens with one attached hydrogen (secondary N) is 1. The lowest BCUT2D eigenvalue weighted by Crippen LogP contribution is -2.38. The molecule has 2 rings (SSSR count). The molecule has 0 fully saturated rings. The molecule has 7 nitrogen and oxygen atoms in total. The first-order valence-corrected chi connectivity index (χ1v) is 9.88. The number of aliphatic carboxylic acids is 1. The molecule has 1 unspecified atom stereocenters. The Bertz CT molecular complexity index is 808. The number of carbonyl (C=O) groups is 2. The molecule has 0 bridgehead atoms. The fourth-order valence-electron chi connectivity index (χ4n) is 2.87. The molecular weight excluding hydrogens is 370 g/mol. The summed E-state index contributed by atoms with van der Waals surface area (Å²) >= 11 is 0. The van der Waals surface area contributed by atoms with E-state index in [1.54, 1.807) is 13.1 Å². The van der Waals surface area contributed by atoms with Crippen LogP contribution in [-0.2, 0) is 9.53 Å². The standard InChI is InChI=1S/C22H29N3O4/c1-4-6-14-23-22(28)25(3)20-9-7-8-18(24-20)16-10-12-17(13-11-16)19(29-5-2)15-21(26)27/h7-13,19H,4-6,14-15H2,1-3H3,(H,23,28)(H,26,27). The van der Waals surface area contributed by atoms with Crippen molar-refractivity contribution in [2.24, 2.45) is 0 Å². The molecule has 1 aromatic carbocycles. The Hall–Kier alpha value is -2.93. The molecule has 2 aromatic rings. The number of pyridine rings is 1. The van der Waals surface area contributed by atoms with E-state index >= 15 is 0 Å². The molecule has 2 N–H and O–H groups in total. The summed E-state index contributed by atoms with van der Waals surface area (Å²) in [5.41, 5.74) is 2.41. The van der Waals surface area contributed by atoms with Crippen molar-refractivity contribution in [2.75, 3.05) is 25.1 Å². The quantitative estimate of drug-likeness (QED) is 0.583. The zero-order chi connectivity index (χ0) is 21.2. The second kappa shape index (κ2) is 11.2. The van der Waals surface area contributed by atoms with Crippen LogP contribution in [0.5, 0.6) is 0 Å². The highest BCUT2D eigenvalue weighted by atomic mass is 16.5. The number of amides is 2. The molecule has 0 spiro atoms. The monoisotopic (exact) mass is 399 g/mol. The van der Waals surface area contributed by atoms with Gasteiger partial charge in [0.1, 0.15) is 5.82 Å². The van der Waals surface area contributed by atoms with Crippen LogP contribution in [0.1, 0.15) is 44.8 Å². The van der Waals surface area contributed by atoms with Gasteiger partial charge in [0.05, 0.1) is 18.2 Å². The Balaban J connectivity index is 2.15. The lowest BCUT2D eigenvalue weighted by molar-refractivity contribution is -0.140. The maximum Gasteiger partial charge on any atom is 0.322 e. The van der Waals surface area contributed by atoms with E-state index in [4.69, 9.17) is 9.84 Å². The Morgan fingerprint density at radius 1 is 1.17 bits per heavy atom. The second-order valence-corrected chi connectivity index (χ2v) is 6.69. The minimum absolute atomic E-state index is 0.0845. The van der Waals surface area contributed by atoms with Gasteiger partial charge in [-0.1, -0.05) is 43.7 Å². The zero-order valence-electron chi connectivity index (χ0n) is 17.2. The summed E-state index contributed by atoms with van der Waals surface area (Å²) in [5, 5.41) is 11.9. The summed E-state index contributed by atoms with van der Waals surface area (Å²) in [7, 11) is 1.69. The van der Waals surface area contributed by atoms with E-state index in [1.165, 1.54) is 4.90 Å². The van der Waals surface area contributed by atoms with Crippen molar-refractivity contribution in [3.05, 3.63) is 48.0 Å². The van der Waals surface area contributed by atoms with Gasteiger partial charge in [-0.15, -0.1) is 0 Å². The number of aromatic nitrogens is 1. The van der Waals surface area contributed by atoms with Gasteiger partial charge in [0, 0.05) is 25.8 Å². The summed E-state index contributed by atoms with van der Waals surface area (Å²) in [4.78, 5) is 29.4. The highest BCUT2D eigenvalue weighted by Gasteiger charge is 2.16. The van der Waals surface area contributed by atoms with Crippen LogP contribution in [0.4, 0.5) is 10.6 Å². The zero-order valence-corrected chi connectivity index (χ0v) is 17.2. The van der Waals surface area contributed by atoms with E-state index in [2.05, 4.69) is 17.2 Å². The Kier molecular flexibility index (Phi) is 8.61. The first-order valence-electron chi connectivity index (χ1n) is 9.88. The summed E-state index contributed by atoms with van der Waals surface area (Å²) in [6, 6.07) is 12.8. The van der Waals surface area contributed by atoms with E-state index < -0.39 is 12.1 Å². The van der Waals surface area contributed by atoms with Gasteiger partial charge in [-0.3, -0.25) is 9.69 Å². The van der Waals surface area contributed by atoms with Gasteiger partial charge in [-0.25, -0.2) is 9.78 Å². The van der Waals surface area contributed by atoms with E-state index in [9.17, 15) is 9.59 Å². The Morgan fingerprint density at radius 2 is 1.90 bits per heavy atom. The molecule has 2 amide bonds. The Morgan fingerprint density at radius 3 is 2.52 bits per heavy atom. The van der Waals surface area contributed by atoms with Crippen LogP contribution < -0.4 is 10.2 Å².